The molecular formula is C11H13ClO2S. The highest BCUT2D eigenvalue weighted by molar-refractivity contribution is 7.98. The third-order valence-corrected chi connectivity index (χ3v) is 3.26. The maximum atomic E-state index is 10.7. The molecule has 0 aliphatic heterocycles. The number of thioether (sulfide) groups is 1. The fourth-order valence-corrected chi connectivity index (χ4v) is 2.13. The molecule has 2 nitrogen and oxygen atoms in total. The van der Waals surface area contributed by atoms with Gasteiger partial charge in [0.2, 0.25) is 0 Å². The van der Waals surface area contributed by atoms with Gasteiger partial charge in [-0.3, -0.25) is 4.79 Å². The van der Waals surface area contributed by atoms with Crippen molar-refractivity contribution in [3.05, 3.63) is 28.8 Å². The SMILES string of the molecule is CSc1ccc(Cl)cc1CC(C)C(=O)O. The van der Waals surface area contributed by atoms with Gasteiger partial charge < -0.3 is 5.11 Å². The van der Waals surface area contributed by atoms with E-state index >= 15 is 0 Å². The Bertz CT molecular complexity index is 366. The van der Waals surface area contributed by atoms with Crippen LogP contribution in [0, 0.1) is 5.92 Å². The summed E-state index contributed by atoms with van der Waals surface area (Å²) in [7, 11) is 0. The van der Waals surface area contributed by atoms with E-state index in [0.717, 1.165) is 10.5 Å². The molecule has 15 heavy (non-hydrogen) atoms. The quantitative estimate of drug-likeness (QED) is 0.826. The zero-order valence-corrected chi connectivity index (χ0v) is 10.2. The average Bonchev–Trinajstić information content (AvgIpc) is 2.18. The van der Waals surface area contributed by atoms with Crippen LogP contribution in [0.1, 0.15) is 12.5 Å². The Balaban J connectivity index is 2.91. The normalized spacial score (nSPS) is 12.5. The minimum absolute atomic E-state index is 0.380. The van der Waals surface area contributed by atoms with Crippen molar-refractivity contribution >= 4 is 29.3 Å². The molecule has 1 aromatic rings. The number of carboxylic acid groups (broad SMARTS) is 1. The highest BCUT2D eigenvalue weighted by Gasteiger charge is 2.14. The van der Waals surface area contributed by atoms with E-state index in [1.54, 1.807) is 18.7 Å². The van der Waals surface area contributed by atoms with Gasteiger partial charge in [0.15, 0.2) is 0 Å². The summed E-state index contributed by atoms with van der Waals surface area (Å²) >= 11 is 7.49. The zero-order chi connectivity index (χ0) is 11.4. The summed E-state index contributed by atoms with van der Waals surface area (Å²) < 4.78 is 0. The molecule has 0 saturated heterocycles. The third kappa shape index (κ3) is 3.43. The Hall–Kier alpha value is -0.670. The van der Waals surface area contributed by atoms with Gasteiger partial charge in [-0.15, -0.1) is 11.8 Å². The minimum atomic E-state index is -0.776. The number of rotatable bonds is 4. The predicted molar refractivity (Wildman–Crippen MR) is 63.7 cm³/mol. The van der Waals surface area contributed by atoms with Gasteiger partial charge in [-0.2, -0.15) is 0 Å². The molecule has 0 radical (unpaired) electrons. The Morgan fingerprint density at radius 3 is 2.80 bits per heavy atom. The molecule has 1 rings (SSSR count). The van der Waals surface area contributed by atoms with Crippen LogP contribution in [-0.2, 0) is 11.2 Å². The molecule has 0 fully saturated rings. The number of carbonyl (C=O) groups is 1. The first-order chi connectivity index (χ1) is 7.04. The first-order valence-electron chi connectivity index (χ1n) is 4.59. The van der Waals surface area contributed by atoms with E-state index in [1.165, 1.54) is 0 Å². The summed E-state index contributed by atoms with van der Waals surface area (Å²) in [5.74, 6) is -1.16. The summed E-state index contributed by atoms with van der Waals surface area (Å²) in [4.78, 5) is 11.8. The largest absolute Gasteiger partial charge is 0.481 e. The van der Waals surface area contributed by atoms with Crippen molar-refractivity contribution in [2.45, 2.75) is 18.2 Å². The number of carboxylic acids is 1. The van der Waals surface area contributed by atoms with Crippen molar-refractivity contribution < 1.29 is 9.90 Å². The average molecular weight is 245 g/mol. The van der Waals surface area contributed by atoms with Crippen molar-refractivity contribution in [3.63, 3.8) is 0 Å². The van der Waals surface area contributed by atoms with Crippen LogP contribution in [0.2, 0.25) is 5.02 Å². The van der Waals surface area contributed by atoms with E-state index in [1.807, 2.05) is 24.5 Å². The second-order valence-electron chi connectivity index (χ2n) is 3.40. The standard InChI is InChI=1S/C11H13ClO2S/c1-7(11(13)14)5-8-6-9(12)3-4-10(8)15-2/h3-4,6-7H,5H2,1-2H3,(H,13,14). The Kier molecular flexibility index (Phi) is 4.48. The van der Waals surface area contributed by atoms with Crippen LogP contribution in [0.4, 0.5) is 0 Å². The first kappa shape index (κ1) is 12.4. The lowest BCUT2D eigenvalue weighted by Gasteiger charge is -2.10. The van der Waals surface area contributed by atoms with Gasteiger partial charge in [0, 0.05) is 9.92 Å². The van der Waals surface area contributed by atoms with Crippen molar-refractivity contribution in [1.82, 2.24) is 0 Å². The van der Waals surface area contributed by atoms with Gasteiger partial charge >= 0.3 is 5.97 Å². The molecule has 82 valence electrons. The Labute approximate surface area is 98.6 Å². The van der Waals surface area contributed by atoms with Gasteiger partial charge in [0.05, 0.1) is 5.92 Å². The van der Waals surface area contributed by atoms with Crippen LogP contribution in [-0.4, -0.2) is 17.3 Å². The van der Waals surface area contributed by atoms with E-state index in [-0.39, 0.29) is 5.92 Å². The fourth-order valence-electron chi connectivity index (χ4n) is 1.32. The molecular weight excluding hydrogens is 232 g/mol. The zero-order valence-electron chi connectivity index (χ0n) is 8.66. The van der Waals surface area contributed by atoms with E-state index in [2.05, 4.69) is 0 Å². The lowest BCUT2D eigenvalue weighted by atomic mass is 10.0. The van der Waals surface area contributed by atoms with Crippen molar-refractivity contribution in [2.24, 2.45) is 5.92 Å². The molecule has 0 aliphatic rings. The van der Waals surface area contributed by atoms with Crippen molar-refractivity contribution in [2.75, 3.05) is 6.26 Å². The van der Waals surface area contributed by atoms with E-state index < -0.39 is 5.97 Å². The molecule has 1 atom stereocenters. The van der Waals surface area contributed by atoms with Gasteiger partial charge in [-0.1, -0.05) is 18.5 Å². The number of benzene rings is 1. The monoisotopic (exact) mass is 244 g/mol. The molecule has 0 aliphatic carbocycles. The van der Waals surface area contributed by atoms with E-state index in [4.69, 9.17) is 16.7 Å². The maximum absolute atomic E-state index is 10.7. The lowest BCUT2D eigenvalue weighted by molar-refractivity contribution is -0.141. The first-order valence-corrected chi connectivity index (χ1v) is 6.20. The van der Waals surface area contributed by atoms with Crippen molar-refractivity contribution in [3.8, 4) is 0 Å². The van der Waals surface area contributed by atoms with Crippen LogP contribution in [0.3, 0.4) is 0 Å². The highest BCUT2D eigenvalue weighted by Crippen LogP contribution is 2.26. The molecule has 1 N–H and O–H groups in total. The van der Waals surface area contributed by atoms with Crippen LogP contribution in [0.15, 0.2) is 23.1 Å². The van der Waals surface area contributed by atoms with Crippen molar-refractivity contribution in [1.29, 1.82) is 0 Å². The van der Waals surface area contributed by atoms with E-state index in [9.17, 15) is 4.79 Å². The molecule has 4 heteroatoms. The smallest absolute Gasteiger partial charge is 0.306 e. The molecule has 1 unspecified atom stereocenters. The Morgan fingerprint density at radius 2 is 2.27 bits per heavy atom. The summed E-state index contributed by atoms with van der Waals surface area (Å²) in [6.45, 7) is 1.70. The van der Waals surface area contributed by atoms with Crippen LogP contribution < -0.4 is 0 Å². The van der Waals surface area contributed by atoms with Gasteiger partial charge in [0.1, 0.15) is 0 Å². The van der Waals surface area contributed by atoms with Gasteiger partial charge in [-0.05, 0) is 36.4 Å². The second kappa shape index (κ2) is 5.42. The minimum Gasteiger partial charge on any atom is -0.481 e. The topological polar surface area (TPSA) is 37.3 Å². The summed E-state index contributed by atoms with van der Waals surface area (Å²) in [5, 5.41) is 9.49. The molecule has 0 saturated carbocycles. The molecule has 0 bridgehead atoms. The summed E-state index contributed by atoms with van der Waals surface area (Å²) in [5.41, 5.74) is 1.00. The molecule has 0 spiro atoms. The van der Waals surface area contributed by atoms with Gasteiger partial charge in [-0.25, -0.2) is 0 Å². The molecule has 1 aromatic carbocycles. The second-order valence-corrected chi connectivity index (χ2v) is 4.68. The number of halogens is 1. The van der Waals surface area contributed by atoms with Crippen LogP contribution in [0.25, 0.3) is 0 Å². The Morgan fingerprint density at radius 1 is 1.60 bits per heavy atom. The predicted octanol–water partition coefficient (Wildman–Crippen LogP) is 3.33. The van der Waals surface area contributed by atoms with Crippen LogP contribution >= 0.6 is 23.4 Å². The van der Waals surface area contributed by atoms with E-state index in [0.29, 0.717) is 11.4 Å². The third-order valence-electron chi connectivity index (χ3n) is 2.19. The van der Waals surface area contributed by atoms with Crippen LogP contribution in [0.5, 0.6) is 0 Å². The molecule has 0 aromatic heterocycles. The number of hydrogen-bond acceptors (Lipinski definition) is 2. The summed E-state index contributed by atoms with van der Waals surface area (Å²) in [6, 6.07) is 5.59. The van der Waals surface area contributed by atoms with Gasteiger partial charge in [0.25, 0.3) is 0 Å². The number of aliphatic carboxylic acids is 1. The maximum Gasteiger partial charge on any atom is 0.306 e. The fraction of sp³-hybridized carbons (Fsp3) is 0.364. The lowest BCUT2D eigenvalue weighted by Crippen LogP contribution is -2.12. The molecule has 0 heterocycles. The molecule has 0 amide bonds. The summed E-state index contributed by atoms with van der Waals surface area (Å²) in [6.07, 6.45) is 2.49. The highest BCUT2D eigenvalue weighted by atomic mass is 35.5. The number of hydrogen-bond donors (Lipinski definition) is 1.